The Hall–Kier alpha value is -1.44. The molecule has 20 heavy (non-hydrogen) atoms. The van der Waals surface area contributed by atoms with Gasteiger partial charge in [-0.1, -0.05) is 12.1 Å². The summed E-state index contributed by atoms with van der Waals surface area (Å²) in [7, 11) is -3.54. The van der Waals surface area contributed by atoms with Crippen LogP contribution in [0.25, 0.3) is 0 Å². The Morgan fingerprint density at radius 1 is 1.40 bits per heavy atom. The van der Waals surface area contributed by atoms with Crippen molar-refractivity contribution in [3.8, 4) is 0 Å². The minimum Gasteiger partial charge on any atom is -0.333 e. The molecule has 1 aliphatic rings. The number of nitrogens with two attached hydrogens (primary N) is 1. The number of nitrogens with zero attached hydrogens (tertiary/aromatic N) is 1. The highest BCUT2D eigenvalue weighted by molar-refractivity contribution is 7.88. The van der Waals surface area contributed by atoms with E-state index in [-0.39, 0.29) is 17.7 Å². The molecule has 0 aliphatic carbocycles. The van der Waals surface area contributed by atoms with Crippen LogP contribution in [-0.2, 0) is 15.8 Å². The van der Waals surface area contributed by atoms with E-state index < -0.39 is 10.0 Å². The maximum absolute atomic E-state index is 12.4. The fourth-order valence-corrected chi connectivity index (χ4v) is 2.94. The summed E-state index contributed by atoms with van der Waals surface area (Å²) in [6.07, 6.45) is 0. The van der Waals surface area contributed by atoms with Crippen LogP contribution in [0, 0.1) is 0 Å². The molecule has 1 heterocycles. The van der Waals surface area contributed by atoms with Crippen molar-refractivity contribution >= 4 is 15.9 Å². The van der Waals surface area contributed by atoms with Crippen LogP contribution >= 0.6 is 0 Å². The highest BCUT2D eigenvalue weighted by Crippen LogP contribution is 2.12. The molecule has 0 aromatic heterocycles. The SMILES string of the molecule is C[C@H]1CNCCN1C(=O)c1ccc(CS(N)(=O)=O)cc1. The Labute approximate surface area is 119 Å². The normalized spacial score (nSPS) is 19.9. The van der Waals surface area contributed by atoms with E-state index in [0.29, 0.717) is 17.7 Å². The van der Waals surface area contributed by atoms with E-state index in [4.69, 9.17) is 5.14 Å². The van der Waals surface area contributed by atoms with Gasteiger partial charge in [0, 0.05) is 31.2 Å². The molecule has 1 aliphatic heterocycles. The van der Waals surface area contributed by atoms with Gasteiger partial charge in [0.15, 0.2) is 0 Å². The standard InChI is InChI=1S/C13H19N3O3S/c1-10-8-15-6-7-16(10)13(17)12-4-2-11(3-5-12)9-20(14,18)19/h2-5,10,15H,6-9H2,1H3,(H2,14,18,19)/t10-/m0/s1. The van der Waals surface area contributed by atoms with Gasteiger partial charge in [-0.3, -0.25) is 4.79 Å². The van der Waals surface area contributed by atoms with E-state index in [9.17, 15) is 13.2 Å². The highest BCUT2D eigenvalue weighted by Gasteiger charge is 2.23. The fraction of sp³-hybridized carbons (Fsp3) is 0.462. The van der Waals surface area contributed by atoms with Gasteiger partial charge in [-0.25, -0.2) is 13.6 Å². The Balaban J connectivity index is 2.11. The summed E-state index contributed by atoms with van der Waals surface area (Å²) in [5.74, 6) is -0.243. The maximum atomic E-state index is 12.4. The molecule has 1 fully saturated rings. The zero-order valence-corrected chi connectivity index (χ0v) is 12.2. The van der Waals surface area contributed by atoms with Crippen molar-refractivity contribution in [1.29, 1.82) is 0 Å². The second-order valence-corrected chi connectivity index (χ2v) is 6.67. The number of sulfonamides is 1. The van der Waals surface area contributed by atoms with E-state index in [0.717, 1.165) is 13.1 Å². The molecular formula is C13H19N3O3S. The average molecular weight is 297 g/mol. The molecule has 0 spiro atoms. The fourth-order valence-electron chi connectivity index (χ4n) is 2.28. The van der Waals surface area contributed by atoms with Crippen LogP contribution in [0.3, 0.4) is 0 Å². The molecule has 3 N–H and O–H groups in total. The summed E-state index contributed by atoms with van der Waals surface area (Å²) in [4.78, 5) is 14.2. The topological polar surface area (TPSA) is 92.5 Å². The lowest BCUT2D eigenvalue weighted by Gasteiger charge is -2.34. The molecule has 2 rings (SSSR count). The van der Waals surface area contributed by atoms with E-state index in [1.165, 1.54) is 0 Å². The number of primary sulfonamides is 1. The summed E-state index contributed by atoms with van der Waals surface area (Å²) in [5, 5.41) is 8.22. The molecule has 0 saturated carbocycles. The van der Waals surface area contributed by atoms with Crippen LogP contribution in [0.15, 0.2) is 24.3 Å². The molecule has 7 heteroatoms. The Morgan fingerprint density at radius 2 is 2.05 bits per heavy atom. The Bertz CT molecular complexity index is 583. The summed E-state index contributed by atoms with van der Waals surface area (Å²) in [5.41, 5.74) is 1.15. The van der Waals surface area contributed by atoms with Crippen molar-refractivity contribution in [1.82, 2.24) is 10.2 Å². The van der Waals surface area contributed by atoms with Crippen molar-refractivity contribution < 1.29 is 13.2 Å². The first-order chi connectivity index (χ1) is 9.37. The van der Waals surface area contributed by atoms with Crippen molar-refractivity contribution in [2.45, 2.75) is 18.7 Å². The van der Waals surface area contributed by atoms with Gasteiger partial charge in [-0.05, 0) is 24.6 Å². The van der Waals surface area contributed by atoms with Crippen molar-refractivity contribution in [3.63, 3.8) is 0 Å². The first-order valence-electron chi connectivity index (χ1n) is 6.48. The Morgan fingerprint density at radius 3 is 2.60 bits per heavy atom. The first-order valence-corrected chi connectivity index (χ1v) is 8.19. The van der Waals surface area contributed by atoms with E-state index >= 15 is 0 Å². The number of amides is 1. The largest absolute Gasteiger partial charge is 0.333 e. The third-order valence-corrected chi connectivity index (χ3v) is 4.07. The molecule has 6 nitrogen and oxygen atoms in total. The average Bonchev–Trinajstić information content (AvgIpc) is 2.37. The van der Waals surface area contributed by atoms with E-state index in [1.807, 2.05) is 11.8 Å². The van der Waals surface area contributed by atoms with Crippen LogP contribution in [0.2, 0.25) is 0 Å². The lowest BCUT2D eigenvalue weighted by molar-refractivity contribution is 0.0656. The summed E-state index contributed by atoms with van der Waals surface area (Å²) < 4.78 is 22.0. The molecule has 1 aromatic carbocycles. The van der Waals surface area contributed by atoms with Gasteiger partial charge in [-0.15, -0.1) is 0 Å². The second-order valence-electron chi connectivity index (χ2n) is 5.06. The molecule has 1 saturated heterocycles. The van der Waals surface area contributed by atoms with E-state index in [1.54, 1.807) is 24.3 Å². The van der Waals surface area contributed by atoms with Crippen LogP contribution in [0.5, 0.6) is 0 Å². The predicted octanol–water partition coefficient (Wildman–Crippen LogP) is -0.0910. The molecular weight excluding hydrogens is 278 g/mol. The minimum absolute atomic E-state index is 0.0267. The smallest absolute Gasteiger partial charge is 0.254 e. The molecule has 110 valence electrons. The first kappa shape index (κ1) is 15.0. The number of carbonyl (C=O) groups excluding carboxylic acids is 1. The number of hydrogen-bond acceptors (Lipinski definition) is 4. The quantitative estimate of drug-likeness (QED) is 0.815. The van der Waals surface area contributed by atoms with Crippen LogP contribution < -0.4 is 10.5 Å². The lowest BCUT2D eigenvalue weighted by Crippen LogP contribution is -2.52. The van der Waals surface area contributed by atoms with Crippen molar-refractivity contribution in [2.24, 2.45) is 5.14 Å². The van der Waals surface area contributed by atoms with Gasteiger partial charge in [0.25, 0.3) is 5.91 Å². The van der Waals surface area contributed by atoms with Gasteiger partial charge in [-0.2, -0.15) is 0 Å². The van der Waals surface area contributed by atoms with Gasteiger partial charge in [0.05, 0.1) is 5.75 Å². The van der Waals surface area contributed by atoms with Gasteiger partial charge < -0.3 is 10.2 Å². The molecule has 0 bridgehead atoms. The van der Waals surface area contributed by atoms with Crippen LogP contribution in [0.4, 0.5) is 0 Å². The minimum atomic E-state index is -3.54. The third kappa shape index (κ3) is 3.78. The van der Waals surface area contributed by atoms with Crippen LogP contribution in [0.1, 0.15) is 22.8 Å². The van der Waals surface area contributed by atoms with E-state index in [2.05, 4.69) is 5.32 Å². The molecule has 1 atom stereocenters. The third-order valence-electron chi connectivity index (χ3n) is 3.33. The monoisotopic (exact) mass is 297 g/mol. The predicted molar refractivity (Wildman–Crippen MR) is 76.6 cm³/mol. The summed E-state index contributed by atoms with van der Waals surface area (Å²) in [6, 6.07) is 6.71. The number of carbonyl (C=O) groups is 1. The summed E-state index contributed by atoms with van der Waals surface area (Å²) in [6.45, 7) is 4.26. The molecule has 0 radical (unpaired) electrons. The number of benzene rings is 1. The molecule has 1 amide bonds. The molecule has 0 unspecified atom stereocenters. The second kappa shape index (κ2) is 5.90. The zero-order valence-electron chi connectivity index (χ0n) is 11.4. The zero-order chi connectivity index (χ0) is 14.8. The van der Waals surface area contributed by atoms with Gasteiger partial charge in [0.2, 0.25) is 10.0 Å². The van der Waals surface area contributed by atoms with Gasteiger partial charge in [0.1, 0.15) is 0 Å². The maximum Gasteiger partial charge on any atom is 0.254 e. The highest BCUT2D eigenvalue weighted by atomic mass is 32.2. The number of rotatable bonds is 3. The number of nitrogens with one attached hydrogen (secondary N) is 1. The lowest BCUT2D eigenvalue weighted by atomic mass is 10.1. The Kier molecular flexibility index (Phi) is 4.42. The van der Waals surface area contributed by atoms with Gasteiger partial charge >= 0.3 is 0 Å². The van der Waals surface area contributed by atoms with Crippen molar-refractivity contribution in [2.75, 3.05) is 19.6 Å². The van der Waals surface area contributed by atoms with Crippen LogP contribution in [-0.4, -0.2) is 44.9 Å². The number of hydrogen-bond donors (Lipinski definition) is 2. The van der Waals surface area contributed by atoms with Crippen molar-refractivity contribution in [3.05, 3.63) is 35.4 Å². The summed E-state index contributed by atoms with van der Waals surface area (Å²) >= 11 is 0. The number of piperazine rings is 1. The molecule has 1 aromatic rings.